The van der Waals surface area contributed by atoms with Crippen LogP contribution in [0.5, 0.6) is 0 Å². The van der Waals surface area contributed by atoms with Gasteiger partial charge in [-0.25, -0.2) is 0 Å². The van der Waals surface area contributed by atoms with Gasteiger partial charge in [-0.3, -0.25) is 9.78 Å². The first-order valence-corrected chi connectivity index (χ1v) is 7.20. The number of aromatic nitrogens is 1. The highest BCUT2D eigenvalue weighted by molar-refractivity contribution is 5.94. The summed E-state index contributed by atoms with van der Waals surface area (Å²) in [4.78, 5) is 18.5. The quantitative estimate of drug-likeness (QED) is 0.842. The van der Waals surface area contributed by atoms with E-state index in [1.165, 1.54) is 0 Å². The minimum atomic E-state index is -0.0236. The fourth-order valence-corrected chi connectivity index (χ4v) is 2.13. The predicted octanol–water partition coefficient (Wildman–Crippen LogP) is 2.25. The van der Waals surface area contributed by atoms with Crippen LogP contribution in [-0.4, -0.2) is 36.1 Å². The van der Waals surface area contributed by atoms with E-state index >= 15 is 0 Å². The summed E-state index contributed by atoms with van der Waals surface area (Å²) >= 11 is 0. The molecular formula is C17H22ClN3O2. The molecule has 6 heteroatoms. The van der Waals surface area contributed by atoms with E-state index < -0.39 is 0 Å². The Balaban J connectivity index is 0.00000264. The number of nitrogens with two attached hydrogens (primary N) is 1. The standard InChI is InChI=1S/C17H21N3O2.ClH/c1-22-10-9-20(13-15-3-2-8-19-12-15)17(21)16-6-4-14(11-18)5-7-16;/h2-8,12H,9-11,13,18H2,1H3;1H. The maximum atomic E-state index is 12.7. The SMILES string of the molecule is COCCN(Cc1cccnc1)C(=O)c1ccc(CN)cc1.Cl. The van der Waals surface area contributed by atoms with E-state index in [1.807, 2.05) is 36.4 Å². The molecule has 0 fully saturated rings. The van der Waals surface area contributed by atoms with Crippen LogP contribution in [0.3, 0.4) is 0 Å². The first-order chi connectivity index (χ1) is 10.7. The molecule has 2 aromatic rings. The molecule has 0 radical (unpaired) electrons. The summed E-state index contributed by atoms with van der Waals surface area (Å²) < 4.78 is 5.11. The summed E-state index contributed by atoms with van der Waals surface area (Å²) in [6.45, 7) is 2.00. The van der Waals surface area contributed by atoms with Gasteiger partial charge in [0.25, 0.3) is 5.91 Å². The zero-order valence-corrected chi connectivity index (χ0v) is 14.0. The topological polar surface area (TPSA) is 68.5 Å². The van der Waals surface area contributed by atoms with Crippen LogP contribution in [-0.2, 0) is 17.8 Å². The van der Waals surface area contributed by atoms with Crippen LogP contribution in [0.4, 0.5) is 0 Å². The third kappa shape index (κ3) is 5.63. The van der Waals surface area contributed by atoms with E-state index in [4.69, 9.17) is 10.5 Å². The van der Waals surface area contributed by atoms with Crippen molar-refractivity contribution >= 4 is 18.3 Å². The largest absolute Gasteiger partial charge is 0.383 e. The minimum Gasteiger partial charge on any atom is -0.383 e. The van der Waals surface area contributed by atoms with Crippen LogP contribution in [0, 0.1) is 0 Å². The lowest BCUT2D eigenvalue weighted by Crippen LogP contribution is -2.33. The molecule has 124 valence electrons. The van der Waals surface area contributed by atoms with Crippen molar-refractivity contribution in [2.75, 3.05) is 20.3 Å². The first kappa shape index (κ1) is 19.1. The van der Waals surface area contributed by atoms with Crippen molar-refractivity contribution in [2.45, 2.75) is 13.1 Å². The Labute approximate surface area is 142 Å². The molecule has 1 heterocycles. The van der Waals surface area contributed by atoms with Gasteiger partial charge in [0.15, 0.2) is 0 Å². The Kier molecular flexibility index (Phi) is 8.26. The van der Waals surface area contributed by atoms with Crippen LogP contribution in [0.1, 0.15) is 21.5 Å². The number of carbonyl (C=O) groups excluding carboxylic acids is 1. The fraction of sp³-hybridized carbons (Fsp3) is 0.294. The van der Waals surface area contributed by atoms with Crippen molar-refractivity contribution < 1.29 is 9.53 Å². The molecule has 0 bridgehead atoms. The number of carbonyl (C=O) groups is 1. The number of nitrogens with zero attached hydrogens (tertiary/aromatic N) is 2. The fourth-order valence-electron chi connectivity index (χ4n) is 2.13. The number of ether oxygens (including phenoxy) is 1. The van der Waals surface area contributed by atoms with Gasteiger partial charge < -0.3 is 15.4 Å². The average molecular weight is 336 g/mol. The second-order valence-corrected chi connectivity index (χ2v) is 4.98. The Morgan fingerprint density at radius 3 is 2.52 bits per heavy atom. The minimum absolute atomic E-state index is 0. The first-order valence-electron chi connectivity index (χ1n) is 7.20. The normalized spacial score (nSPS) is 10.0. The van der Waals surface area contributed by atoms with Crippen LogP contribution < -0.4 is 5.73 Å². The summed E-state index contributed by atoms with van der Waals surface area (Å²) in [5.74, 6) is -0.0236. The monoisotopic (exact) mass is 335 g/mol. The molecule has 0 aliphatic heterocycles. The molecule has 1 amide bonds. The Hall–Kier alpha value is -1.95. The van der Waals surface area contributed by atoms with Crippen molar-refractivity contribution in [3.63, 3.8) is 0 Å². The second-order valence-electron chi connectivity index (χ2n) is 4.98. The van der Waals surface area contributed by atoms with E-state index in [0.717, 1.165) is 11.1 Å². The van der Waals surface area contributed by atoms with Gasteiger partial charge in [0, 0.05) is 44.7 Å². The number of halogens is 1. The molecule has 23 heavy (non-hydrogen) atoms. The van der Waals surface area contributed by atoms with E-state index in [-0.39, 0.29) is 18.3 Å². The number of pyridine rings is 1. The molecule has 0 unspecified atom stereocenters. The summed E-state index contributed by atoms with van der Waals surface area (Å²) in [5.41, 5.74) is 8.23. The predicted molar refractivity (Wildman–Crippen MR) is 92.4 cm³/mol. The highest BCUT2D eigenvalue weighted by Gasteiger charge is 2.16. The molecule has 1 aromatic heterocycles. The van der Waals surface area contributed by atoms with Crippen LogP contribution in [0.15, 0.2) is 48.8 Å². The molecule has 0 aliphatic carbocycles. The Bertz CT molecular complexity index is 591. The van der Waals surface area contributed by atoms with E-state index in [0.29, 0.717) is 31.8 Å². The number of methoxy groups -OCH3 is 1. The molecule has 0 atom stereocenters. The summed E-state index contributed by atoms with van der Waals surface area (Å²) in [7, 11) is 1.63. The van der Waals surface area contributed by atoms with Crippen LogP contribution in [0.2, 0.25) is 0 Å². The van der Waals surface area contributed by atoms with Gasteiger partial charge >= 0.3 is 0 Å². The lowest BCUT2D eigenvalue weighted by molar-refractivity contribution is 0.0680. The van der Waals surface area contributed by atoms with Gasteiger partial charge in [-0.2, -0.15) is 0 Å². The van der Waals surface area contributed by atoms with Crippen molar-refractivity contribution in [1.82, 2.24) is 9.88 Å². The molecule has 5 nitrogen and oxygen atoms in total. The second kappa shape index (κ2) is 9.94. The van der Waals surface area contributed by atoms with Gasteiger partial charge in [0.1, 0.15) is 0 Å². The summed E-state index contributed by atoms with van der Waals surface area (Å²) in [6.07, 6.45) is 3.49. The molecule has 0 saturated carbocycles. The smallest absolute Gasteiger partial charge is 0.254 e. The lowest BCUT2D eigenvalue weighted by atomic mass is 10.1. The van der Waals surface area contributed by atoms with Gasteiger partial charge in [-0.05, 0) is 29.3 Å². The highest BCUT2D eigenvalue weighted by Crippen LogP contribution is 2.11. The molecule has 2 rings (SSSR count). The third-order valence-corrected chi connectivity index (χ3v) is 3.39. The molecule has 0 saturated heterocycles. The summed E-state index contributed by atoms with van der Waals surface area (Å²) in [6, 6.07) is 11.2. The van der Waals surface area contributed by atoms with Crippen LogP contribution in [0.25, 0.3) is 0 Å². The maximum absolute atomic E-state index is 12.7. The number of rotatable bonds is 7. The van der Waals surface area contributed by atoms with Gasteiger partial charge in [-0.1, -0.05) is 18.2 Å². The summed E-state index contributed by atoms with van der Waals surface area (Å²) in [5, 5.41) is 0. The Morgan fingerprint density at radius 1 is 1.22 bits per heavy atom. The van der Waals surface area contributed by atoms with E-state index in [1.54, 1.807) is 24.4 Å². The molecular weight excluding hydrogens is 314 g/mol. The zero-order valence-electron chi connectivity index (χ0n) is 13.1. The van der Waals surface area contributed by atoms with Crippen molar-refractivity contribution in [3.8, 4) is 0 Å². The Morgan fingerprint density at radius 2 is 1.96 bits per heavy atom. The number of hydrogen-bond acceptors (Lipinski definition) is 4. The molecule has 2 N–H and O–H groups in total. The molecule has 1 aromatic carbocycles. The number of hydrogen-bond donors (Lipinski definition) is 1. The third-order valence-electron chi connectivity index (χ3n) is 3.39. The molecule has 0 aliphatic rings. The average Bonchev–Trinajstić information content (AvgIpc) is 2.59. The van der Waals surface area contributed by atoms with Gasteiger partial charge in [0.05, 0.1) is 6.61 Å². The lowest BCUT2D eigenvalue weighted by Gasteiger charge is -2.22. The number of benzene rings is 1. The zero-order chi connectivity index (χ0) is 15.8. The van der Waals surface area contributed by atoms with Gasteiger partial charge in [0.2, 0.25) is 0 Å². The van der Waals surface area contributed by atoms with Crippen molar-refractivity contribution in [3.05, 3.63) is 65.5 Å². The van der Waals surface area contributed by atoms with Crippen LogP contribution >= 0.6 is 12.4 Å². The number of amides is 1. The van der Waals surface area contributed by atoms with E-state index in [2.05, 4.69) is 4.98 Å². The molecule has 0 spiro atoms. The highest BCUT2D eigenvalue weighted by atomic mass is 35.5. The van der Waals surface area contributed by atoms with E-state index in [9.17, 15) is 4.79 Å². The maximum Gasteiger partial charge on any atom is 0.254 e. The van der Waals surface area contributed by atoms with Gasteiger partial charge in [-0.15, -0.1) is 12.4 Å². The van der Waals surface area contributed by atoms with Crippen molar-refractivity contribution in [1.29, 1.82) is 0 Å². The van der Waals surface area contributed by atoms with Crippen molar-refractivity contribution in [2.24, 2.45) is 5.73 Å².